The molecule has 2 aromatic heterocycles. The van der Waals surface area contributed by atoms with Crippen LogP contribution in [0.2, 0.25) is 0 Å². The molecule has 28 heavy (non-hydrogen) atoms. The van der Waals surface area contributed by atoms with E-state index in [1.54, 1.807) is 6.92 Å². The molecule has 0 aliphatic carbocycles. The van der Waals surface area contributed by atoms with E-state index < -0.39 is 20.7 Å². The number of amides is 1. The van der Waals surface area contributed by atoms with Crippen LogP contribution in [-0.2, 0) is 16.3 Å². The van der Waals surface area contributed by atoms with Crippen LogP contribution in [0.25, 0.3) is 0 Å². The molecule has 0 radical (unpaired) electrons. The summed E-state index contributed by atoms with van der Waals surface area (Å²) >= 11 is 0.774. The lowest BCUT2D eigenvalue weighted by Crippen LogP contribution is -2.14. The van der Waals surface area contributed by atoms with Crippen molar-refractivity contribution in [3.8, 4) is 0 Å². The number of sulfone groups is 1. The van der Waals surface area contributed by atoms with Gasteiger partial charge in [-0.15, -0.1) is 0 Å². The fourth-order valence-electron chi connectivity index (χ4n) is 2.41. The van der Waals surface area contributed by atoms with Crippen molar-refractivity contribution in [1.29, 1.82) is 0 Å². The molecule has 0 saturated carbocycles. The van der Waals surface area contributed by atoms with E-state index in [9.17, 15) is 23.3 Å². The van der Waals surface area contributed by atoms with Crippen LogP contribution in [0.3, 0.4) is 0 Å². The number of hydrogen-bond acceptors (Lipinski definition) is 9. The van der Waals surface area contributed by atoms with Crippen LogP contribution in [0.15, 0.2) is 44.1 Å². The van der Waals surface area contributed by atoms with Crippen molar-refractivity contribution in [3.05, 3.63) is 57.6 Å². The molecule has 146 valence electrons. The summed E-state index contributed by atoms with van der Waals surface area (Å²) in [6, 6.07) is 4.52. The minimum atomic E-state index is -3.92. The third-order valence-electron chi connectivity index (χ3n) is 3.82. The maximum atomic E-state index is 12.7. The van der Waals surface area contributed by atoms with Crippen molar-refractivity contribution >= 4 is 37.9 Å². The van der Waals surface area contributed by atoms with Crippen molar-refractivity contribution in [3.63, 3.8) is 0 Å². The summed E-state index contributed by atoms with van der Waals surface area (Å²) < 4.78 is 30.2. The number of aromatic nitrogens is 2. The third kappa shape index (κ3) is 3.64. The number of aryl methyl sites for hydroxylation is 2. The van der Waals surface area contributed by atoms with Crippen LogP contribution < -0.4 is 5.32 Å². The highest BCUT2D eigenvalue weighted by Gasteiger charge is 2.24. The van der Waals surface area contributed by atoms with E-state index in [0.717, 1.165) is 41.8 Å². The molecule has 10 nitrogen and oxygen atoms in total. The molecule has 0 aliphatic rings. The van der Waals surface area contributed by atoms with E-state index in [1.807, 2.05) is 6.92 Å². The van der Waals surface area contributed by atoms with Crippen LogP contribution in [0.1, 0.15) is 28.7 Å². The first-order valence-corrected chi connectivity index (χ1v) is 10.3. The zero-order valence-corrected chi connectivity index (χ0v) is 16.3. The van der Waals surface area contributed by atoms with Gasteiger partial charge in [0.25, 0.3) is 11.6 Å². The van der Waals surface area contributed by atoms with Crippen molar-refractivity contribution in [2.75, 3.05) is 5.32 Å². The summed E-state index contributed by atoms with van der Waals surface area (Å²) in [6.07, 6.45) is 1.62. The van der Waals surface area contributed by atoms with Gasteiger partial charge in [-0.05, 0) is 25.5 Å². The van der Waals surface area contributed by atoms with Crippen molar-refractivity contribution in [2.45, 2.75) is 29.4 Å². The summed E-state index contributed by atoms with van der Waals surface area (Å²) in [7, 11) is -3.92. The Morgan fingerprint density at radius 3 is 2.61 bits per heavy atom. The Labute approximate surface area is 163 Å². The number of nitro benzene ring substituents is 1. The molecule has 0 unspecified atom stereocenters. The number of non-ortho nitro benzene ring substituents is 1. The number of rotatable bonds is 6. The Kier molecular flexibility index (Phi) is 5.25. The molecule has 3 aromatic rings. The predicted molar refractivity (Wildman–Crippen MR) is 99.2 cm³/mol. The number of nitrogens with one attached hydrogen (secondary N) is 1. The van der Waals surface area contributed by atoms with Crippen LogP contribution in [0.4, 0.5) is 10.8 Å². The lowest BCUT2D eigenvalue weighted by atomic mass is 10.1. The lowest BCUT2D eigenvalue weighted by molar-refractivity contribution is -0.384. The fourth-order valence-corrected chi connectivity index (χ4v) is 4.84. The Bertz CT molecular complexity index is 1150. The minimum Gasteiger partial charge on any atom is -0.361 e. The lowest BCUT2D eigenvalue weighted by Gasteiger charge is -2.02. The molecular formula is C16H14N4O6S2. The average Bonchev–Trinajstić information content (AvgIpc) is 3.28. The highest BCUT2D eigenvalue weighted by Crippen LogP contribution is 2.30. The molecule has 0 fully saturated rings. The second-order valence-electron chi connectivity index (χ2n) is 5.61. The van der Waals surface area contributed by atoms with Gasteiger partial charge in [-0.2, -0.15) is 0 Å². The van der Waals surface area contributed by atoms with Gasteiger partial charge in [0.1, 0.15) is 15.5 Å². The number of carbonyl (C=O) groups excluding carboxylic acids is 1. The van der Waals surface area contributed by atoms with E-state index in [1.165, 1.54) is 0 Å². The monoisotopic (exact) mass is 422 g/mol. The van der Waals surface area contributed by atoms with Crippen LogP contribution in [0.5, 0.6) is 0 Å². The quantitative estimate of drug-likeness (QED) is 0.471. The maximum absolute atomic E-state index is 12.7. The van der Waals surface area contributed by atoms with E-state index in [2.05, 4.69) is 15.5 Å². The average molecular weight is 422 g/mol. The standard InChI is InChI=1S/C16H14N4O6S2/c1-3-12-14(9(2)26-19-12)15(21)18-16-17-8-13(27-16)28(24,25)11-6-4-10(5-7-11)20(22)23/h4-8H,3H2,1-2H3,(H,17,18,21). The highest BCUT2D eigenvalue weighted by molar-refractivity contribution is 7.93. The van der Waals surface area contributed by atoms with Gasteiger partial charge in [-0.1, -0.05) is 23.4 Å². The first kappa shape index (κ1) is 19.6. The molecule has 1 amide bonds. The number of hydrogen-bond donors (Lipinski definition) is 1. The molecule has 0 aliphatic heterocycles. The predicted octanol–water partition coefficient (Wildman–Crippen LogP) is 3.00. The molecule has 0 spiro atoms. The number of nitrogens with zero attached hydrogens (tertiary/aromatic N) is 3. The van der Waals surface area contributed by atoms with Crippen LogP contribution >= 0.6 is 11.3 Å². The summed E-state index contributed by atoms with van der Waals surface area (Å²) in [4.78, 5) is 26.4. The van der Waals surface area contributed by atoms with E-state index in [4.69, 9.17) is 4.52 Å². The number of thiazole rings is 1. The summed E-state index contributed by atoms with van der Waals surface area (Å²) in [5.74, 6) is -0.145. The third-order valence-corrected chi connectivity index (χ3v) is 6.97. The zero-order valence-electron chi connectivity index (χ0n) is 14.7. The molecule has 12 heteroatoms. The van der Waals surface area contributed by atoms with Crippen molar-refractivity contribution < 1.29 is 22.7 Å². The van der Waals surface area contributed by atoms with Gasteiger partial charge in [0.15, 0.2) is 5.13 Å². The number of benzene rings is 1. The number of carbonyl (C=O) groups is 1. The Morgan fingerprint density at radius 2 is 2.00 bits per heavy atom. The van der Waals surface area contributed by atoms with Gasteiger partial charge in [0.2, 0.25) is 9.84 Å². The van der Waals surface area contributed by atoms with Gasteiger partial charge >= 0.3 is 0 Å². The SMILES string of the molecule is CCc1noc(C)c1C(=O)Nc1ncc(S(=O)(=O)c2ccc([N+](=O)[O-])cc2)s1. The normalized spacial score (nSPS) is 11.4. The Hall–Kier alpha value is -3.12. The summed E-state index contributed by atoms with van der Waals surface area (Å²) in [6.45, 7) is 3.43. The topological polar surface area (TPSA) is 145 Å². The van der Waals surface area contributed by atoms with Gasteiger partial charge in [0.05, 0.1) is 21.7 Å². The van der Waals surface area contributed by atoms with Gasteiger partial charge in [0, 0.05) is 12.1 Å². The highest BCUT2D eigenvalue weighted by atomic mass is 32.2. The number of anilines is 1. The van der Waals surface area contributed by atoms with Crippen molar-refractivity contribution in [2.24, 2.45) is 0 Å². The number of nitro groups is 1. The van der Waals surface area contributed by atoms with Gasteiger partial charge in [-0.25, -0.2) is 13.4 Å². The van der Waals surface area contributed by atoms with Crippen LogP contribution in [-0.4, -0.2) is 29.4 Å². The smallest absolute Gasteiger partial charge is 0.269 e. The molecule has 1 N–H and O–H groups in total. The zero-order chi connectivity index (χ0) is 20.5. The second kappa shape index (κ2) is 7.48. The fraction of sp³-hybridized carbons (Fsp3) is 0.188. The molecule has 1 aromatic carbocycles. The molecule has 2 heterocycles. The maximum Gasteiger partial charge on any atom is 0.269 e. The van der Waals surface area contributed by atoms with Gasteiger partial charge in [-0.3, -0.25) is 20.2 Å². The molecular weight excluding hydrogens is 408 g/mol. The largest absolute Gasteiger partial charge is 0.361 e. The molecule has 0 atom stereocenters. The van der Waals surface area contributed by atoms with Crippen LogP contribution in [0, 0.1) is 17.0 Å². The molecule has 0 saturated heterocycles. The Balaban J connectivity index is 1.84. The summed E-state index contributed by atoms with van der Waals surface area (Å²) in [5, 5.41) is 17.1. The first-order valence-electron chi connectivity index (χ1n) is 7.96. The van der Waals surface area contributed by atoms with Gasteiger partial charge < -0.3 is 4.52 Å². The Morgan fingerprint density at radius 1 is 1.32 bits per heavy atom. The van der Waals surface area contributed by atoms with E-state index in [0.29, 0.717) is 17.9 Å². The molecule has 0 bridgehead atoms. The van der Waals surface area contributed by atoms with E-state index in [-0.39, 0.29) is 25.5 Å². The minimum absolute atomic E-state index is 0.0909. The van der Waals surface area contributed by atoms with E-state index >= 15 is 0 Å². The second-order valence-corrected chi connectivity index (χ2v) is 8.81. The first-order chi connectivity index (χ1) is 13.2. The molecule has 3 rings (SSSR count). The van der Waals surface area contributed by atoms with Crippen molar-refractivity contribution in [1.82, 2.24) is 10.1 Å². The summed E-state index contributed by atoms with van der Waals surface area (Å²) in [5.41, 5.74) is 0.565.